The molecule has 0 bridgehead atoms. The van der Waals surface area contributed by atoms with E-state index in [-0.39, 0.29) is 11.8 Å². The zero-order chi connectivity index (χ0) is 24.7. The molecular weight excluding hydrogens is 486 g/mol. The number of benzene rings is 2. The van der Waals surface area contributed by atoms with Gasteiger partial charge in [0.15, 0.2) is 5.13 Å². The Labute approximate surface area is 211 Å². The Bertz CT molecular complexity index is 1420. The van der Waals surface area contributed by atoms with Crippen molar-refractivity contribution in [3.8, 4) is 0 Å². The van der Waals surface area contributed by atoms with Crippen molar-refractivity contribution in [3.05, 3.63) is 47.0 Å². The lowest BCUT2D eigenvalue weighted by Gasteiger charge is -2.34. The van der Waals surface area contributed by atoms with Crippen molar-refractivity contribution >= 4 is 67.1 Å². The molecule has 2 aromatic heterocycles. The SMILES string of the molecule is CC(NC(=O)c1ccc2c(c1)nc(Nc1nc3ccc(Cl)cc3s1)n2C)C(=O)N1CCN(C)CC1. The summed E-state index contributed by atoms with van der Waals surface area (Å²) in [5.41, 5.74) is 2.86. The van der Waals surface area contributed by atoms with Crippen molar-refractivity contribution < 1.29 is 9.59 Å². The van der Waals surface area contributed by atoms with Crippen LogP contribution in [0.3, 0.4) is 0 Å². The average molecular weight is 512 g/mol. The summed E-state index contributed by atoms with van der Waals surface area (Å²) in [5, 5.41) is 7.48. The summed E-state index contributed by atoms with van der Waals surface area (Å²) in [6.45, 7) is 4.75. The molecule has 1 aliphatic heterocycles. The van der Waals surface area contributed by atoms with Crippen LogP contribution in [0.4, 0.5) is 11.1 Å². The number of hydrogen-bond donors (Lipinski definition) is 2. The number of halogens is 1. The summed E-state index contributed by atoms with van der Waals surface area (Å²) in [7, 11) is 3.94. The maximum absolute atomic E-state index is 12.9. The first kappa shape index (κ1) is 23.5. The van der Waals surface area contributed by atoms with Crippen LogP contribution in [-0.4, -0.2) is 75.4 Å². The predicted octanol–water partition coefficient (Wildman–Crippen LogP) is 3.47. The van der Waals surface area contributed by atoms with Crippen molar-refractivity contribution in [2.75, 3.05) is 38.5 Å². The predicted molar refractivity (Wildman–Crippen MR) is 140 cm³/mol. The third-order valence-corrected chi connectivity index (χ3v) is 7.41. The van der Waals surface area contributed by atoms with Gasteiger partial charge in [-0.25, -0.2) is 9.97 Å². The first-order chi connectivity index (χ1) is 16.8. The highest BCUT2D eigenvalue weighted by Crippen LogP contribution is 2.31. The van der Waals surface area contributed by atoms with E-state index in [0.29, 0.717) is 40.3 Å². The Balaban J connectivity index is 1.30. The minimum absolute atomic E-state index is 0.0611. The minimum Gasteiger partial charge on any atom is -0.341 e. The largest absolute Gasteiger partial charge is 0.341 e. The summed E-state index contributed by atoms with van der Waals surface area (Å²) in [5.74, 6) is 0.250. The van der Waals surface area contributed by atoms with Crippen molar-refractivity contribution in [1.82, 2.24) is 29.7 Å². The van der Waals surface area contributed by atoms with Gasteiger partial charge >= 0.3 is 0 Å². The normalized spacial score (nSPS) is 15.5. The molecule has 1 aliphatic rings. The Morgan fingerprint density at radius 1 is 1.03 bits per heavy atom. The molecule has 0 aliphatic carbocycles. The number of piperazine rings is 1. The lowest BCUT2D eigenvalue weighted by molar-refractivity contribution is -0.134. The van der Waals surface area contributed by atoms with Gasteiger partial charge in [-0.15, -0.1) is 0 Å². The molecule has 2 aromatic carbocycles. The highest BCUT2D eigenvalue weighted by Gasteiger charge is 2.25. The van der Waals surface area contributed by atoms with Crippen molar-refractivity contribution in [2.45, 2.75) is 13.0 Å². The number of carbonyl (C=O) groups is 2. The van der Waals surface area contributed by atoms with Crippen LogP contribution in [0.1, 0.15) is 17.3 Å². The van der Waals surface area contributed by atoms with Crippen LogP contribution < -0.4 is 10.6 Å². The second kappa shape index (κ2) is 9.44. The number of fused-ring (bicyclic) bond motifs is 2. The van der Waals surface area contributed by atoms with E-state index in [2.05, 4.69) is 25.5 Å². The molecule has 2 amide bonds. The third-order valence-electron chi connectivity index (χ3n) is 6.25. The summed E-state index contributed by atoms with van der Waals surface area (Å²) in [6, 6.07) is 10.3. The summed E-state index contributed by atoms with van der Waals surface area (Å²) in [4.78, 5) is 38.9. The quantitative estimate of drug-likeness (QED) is 0.426. The lowest BCUT2D eigenvalue weighted by atomic mass is 10.1. The minimum atomic E-state index is -0.602. The van der Waals surface area contributed by atoms with E-state index in [1.165, 1.54) is 11.3 Å². The number of aryl methyl sites for hydroxylation is 1. The molecule has 2 N–H and O–H groups in total. The van der Waals surface area contributed by atoms with Crippen LogP contribution in [-0.2, 0) is 11.8 Å². The van der Waals surface area contributed by atoms with Gasteiger partial charge in [-0.1, -0.05) is 22.9 Å². The van der Waals surface area contributed by atoms with Gasteiger partial charge in [0.25, 0.3) is 5.91 Å². The summed E-state index contributed by atoms with van der Waals surface area (Å²) < 4.78 is 2.90. The zero-order valence-electron chi connectivity index (χ0n) is 19.7. The van der Waals surface area contributed by atoms with Crippen LogP contribution in [0.15, 0.2) is 36.4 Å². The fourth-order valence-electron chi connectivity index (χ4n) is 4.14. The van der Waals surface area contributed by atoms with E-state index in [1.54, 1.807) is 24.0 Å². The molecule has 1 unspecified atom stereocenters. The van der Waals surface area contributed by atoms with E-state index in [1.807, 2.05) is 42.9 Å². The molecule has 0 saturated carbocycles. The van der Waals surface area contributed by atoms with E-state index >= 15 is 0 Å². The van der Waals surface area contributed by atoms with Crippen LogP contribution >= 0.6 is 22.9 Å². The van der Waals surface area contributed by atoms with Gasteiger partial charge in [0.2, 0.25) is 11.9 Å². The standard InChI is InChI=1S/C24H26ClN7O2S/c1-14(22(34)32-10-8-30(2)9-11-32)26-21(33)15-4-7-19-18(12-15)27-23(31(19)3)29-24-28-17-6-5-16(25)13-20(17)35-24/h4-7,12-14H,8-11H2,1-3H3,(H,26,33)(H,27,28,29). The van der Waals surface area contributed by atoms with E-state index in [4.69, 9.17) is 11.6 Å². The number of hydrogen-bond acceptors (Lipinski definition) is 7. The molecule has 1 atom stereocenters. The van der Waals surface area contributed by atoms with Gasteiger partial charge in [0.1, 0.15) is 6.04 Å². The summed E-state index contributed by atoms with van der Waals surface area (Å²) in [6.07, 6.45) is 0. The number of imidazole rings is 1. The van der Waals surface area contributed by atoms with Gasteiger partial charge < -0.3 is 25.0 Å². The fraction of sp³-hybridized carbons (Fsp3) is 0.333. The third kappa shape index (κ3) is 4.82. The fourth-order valence-corrected chi connectivity index (χ4v) is 5.28. The zero-order valence-corrected chi connectivity index (χ0v) is 21.3. The van der Waals surface area contributed by atoms with Crippen molar-refractivity contribution in [1.29, 1.82) is 0 Å². The number of aromatic nitrogens is 3. The number of nitrogens with one attached hydrogen (secondary N) is 2. The number of likely N-dealkylation sites (N-methyl/N-ethyl adjacent to an activating group) is 1. The Morgan fingerprint density at radius 2 is 1.80 bits per heavy atom. The highest BCUT2D eigenvalue weighted by atomic mass is 35.5. The summed E-state index contributed by atoms with van der Waals surface area (Å²) >= 11 is 7.58. The topological polar surface area (TPSA) is 95.4 Å². The molecule has 3 heterocycles. The molecule has 182 valence electrons. The van der Waals surface area contributed by atoms with Gasteiger partial charge in [-0.2, -0.15) is 0 Å². The molecule has 0 radical (unpaired) electrons. The van der Waals surface area contributed by atoms with Crippen LogP contribution in [0.25, 0.3) is 21.3 Å². The van der Waals surface area contributed by atoms with Crippen LogP contribution in [0.2, 0.25) is 5.02 Å². The molecule has 1 saturated heterocycles. The Kier molecular flexibility index (Phi) is 6.35. The second-order valence-electron chi connectivity index (χ2n) is 8.78. The number of carbonyl (C=O) groups excluding carboxylic acids is 2. The molecule has 1 fully saturated rings. The maximum Gasteiger partial charge on any atom is 0.251 e. The van der Waals surface area contributed by atoms with Crippen LogP contribution in [0, 0.1) is 0 Å². The second-order valence-corrected chi connectivity index (χ2v) is 10.2. The molecule has 4 aromatic rings. The molecule has 35 heavy (non-hydrogen) atoms. The number of nitrogens with zero attached hydrogens (tertiary/aromatic N) is 5. The number of amides is 2. The average Bonchev–Trinajstić information content (AvgIpc) is 3.38. The van der Waals surface area contributed by atoms with Crippen LogP contribution in [0.5, 0.6) is 0 Å². The first-order valence-corrected chi connectivity index (χ1v) is 12.6. The molecule has 11 heteroatoms. The Hall–Kier alpha value is -3.21. The van der Waals surface area contributed by atoms with Gasteiger partial charge in [0.05, 0.1) is 21.3 Å². The number of rotatable bonds is 5. The van der Waals surface area contributed by atoms with Gasteiger partial charge in [-0.3, -0.25) is 9.59 Å². The smallest absolute Gasteiger partial charge is 0.251 e. The van der Waals surface area contributed by atoms with Crippen molar-refractivity contribution in [2.24, 2.45) is 7.05 Å². The number of anilines is 2. The van der Waals surface area contributed by atoms with E-state index in [9.17, 15) is 9.59 Å². The Morgan fingerprint density at radius 3 is 2.57 bits per heavy atom. The monoisotopic (exact) mass is 511 g/mol. The van der Waals surface area contributed by atoms with Gasteiger partial charge in [-0.05, 0) is 50.4 Å². The number of thiazole rings is 1. The maximum atomic E-state index is 12.9. The lowest BCUT2D eigenvalue weighted by Crippen LogP contribution is -2.53. The first-order valence-electron chi connectivity index (χ1n) is 11.4. The highest BCUT2D eigenvalue weighted by molar-refractivity contribution is 7.22. The molecule has 0 spiro atoms. The molecule has 9 nitrogen and oxygen atoms in total. The molecular formula is C24H26ClN7O2S. The van der Waals surface area contributed by atoms with Crippen molar-refractivity contribution in [3.63, 3.8) is 0 Å². The van der Waals surface area contributed by atoms with E-state index in [0.717, 1.165) is 28.8 Å². The molecule has 5 rings (SSSR count). The van der Waals surface area contributed by atoms with E-state index < -0.39 is 6.04 Å². The van der Waals surface area contributed by atoms with Gasteiger partial charge in [0, 0.05) is 43.8 Å².